The maximum atomic E-state index is 12.9. The number of phosphoric acid groups is 1. The Hall–Kier alpha value is -2.58. The van der Waals surface area contributed by atoms with Crippen LogP contribution in [0.15, 0.2) is 97.2 Å². The van der Waals surface area contributed by atoms with Crippen molar-refractivity contribution in [2.75, 3.05) is 40.9 Å². The van der Waals surface area contributed by atoms with Crippen molar-refractivity contribution in [1.29, 1.82) is 0 Å². The molecule has 0 saturated carbocycles. The molecule has 0 bridgehead atoms. The number of unbranched alkanes of at least 4 members (excludes halogenated alkanes) is 20. The number of phosphoric ester groups is 1. The van der Waals surface area contributed by atoms with Crippen molar-refractivity contribution in [2.45, 2.75) is 219 Å². The van der Waals surface area contributed by atoms with Gasteiger partial charge in [0.25, 0.3) is 0 Å². The Labute approximate surface area is 407 Å². The van der Waals surface area contributed by atoms with Crippen LogP contribution in [-0.4, -0.2) is 73.4 Å². The average molecular weight is 942 g/mol. The number of likely N-dealkylation sites (N-methyl/N-ethyl adjacent to an activating group) is 1. The summed E-state index contributed by atoms with van der Waals surface area (Å²) in [4.78, 5) is 23.2. The number of rotatable bonds is 47. The molecule has 8 nitrogen and oxygen atoms in total. The van der Waals surface area contributed by atoms with Crippen molar-refractivity contribution in [3.05, 3.63) is 97.2 Å². The number of carbonyl (C=O) groups is 1. The topological polar surface area (TPSA) is 105 Å². The van der Waals surface area contributed by atoms with E-state index in [9.17, 15) is 19.4 Å². The molecule has 0 aromatic carbocycles. The van der Waals surface area contributed by atoms with Crippen molar-refractivity contribution in [2.24, 2.45) is 0 Å². The van der Waals surface area contributed by atoms with Crippen molar-refractivity contribution < 1.29 is 32.9 Å². The lowest BCUT2D eigenvalue weighted by Gasteiger charge is -2.25. The Morgan fingerprint density at radius 2 is 0.909 bits per heavy atom. The summed E-state index contributed by atoms with van der Waals surface area (Å²) < 4.78 is 23.6. The lowest BCUT2D eigenvalue weighted by molar-refractivity contribution is -0.870. The van der Waals surface area contributed by atoms with Crippen LogP contribution in [0.1, 0.15) is 206 Å². The van der Waals surface area contributed by atoms with E-state index in [1.165, 1.54) is 83.5 Å². The van der Waals surface area contributed by atoms with Gasteiger partial charge in [-0.1, -0.05) is 220 Å². The minimum absolute atomic E-state index is 0.0522. The van der Waals surface area contributed by atoms with Gasteiger partial charge in [-0.05, 0) is 77.0 Å². The third-order valence-corrected chi connectivity index (χ3v) is 12.3. The number of amides is 1. The number of hydrogen-bond acceptors (Lipinski definition) is 5. The number of aliphatic hydroxyl groups is 1. The molecule has 0 aromatic rings. The second-order valence-corrected chi connectivity index (χ2v) is 20.3. The molecule has 0 rings (SSSR count). The normalized spacial score (nSPS) is 14.8. The predicted molar refractivity (Wildman–Crippen MR) is 286 cm³/mol. The summed E-state index contributed by atoms with van der Waals surface area (Å²) >= 11 is 0. The molecule has 0 aliphatic rings. The molecule has 3 unspecified atom stereocenters. The standard InChI is InChI=1S/C57H101N2O6P/c1-6-8-10-12-14-16-18-20-22-24-25-26-27-28-29-30-31-32-33-35-37-39-41-43-45-47-49-51-57(61)58-55(54-65-66(62,63)64-53-52-59(3,4)5)56(60)50-48-46-44-42-40-38-36-34-23-21-19-17-15-13-11-9-7-2/h8,10,14,16,20,22,25-26,28-29,31-32,35,37,48,50,55-56,60H,6-7,9,11-13,15,17-19,21,23-24,27,30,33-34,36,38-47,49,51-54H2,1-5H3,(H-,58,61,62,63)/p+1/b10-8-,16-14-,22-20-,26-25-,29-28-,32-31-,37-35-,50-48+. The molecule has 0 aliphatic carbocycles. The maximum absolute atomic E-state index is 12.9. The first-order valence-corrected chi connectivity index (χ1v) is 28.1. The van der Waals surface area contributed by atoms with Crippen molar-refractivity contribution in [1.82, 2.24) is 5.32 Å². The van der Waals surface area contributed by atoms with Crippen molar-refractivity contribution >= 4 is 13.7 Å². The van der Waals surface area contributed by atoms with Crippen LogP contribution in [0, 0.1) is 0 Å². The second-order valence-electron chi connectivity index (χ2n) is 18.9. The third-order valence-electron chi connectivity index (χ3n) is 11.3. The third kappa shape index (κ3) is 49.3. The Morgan fingerprint density at radius 3 is 1.33 bits per heavy atom. The summed E-state index contributed by atoms with van der Waals surface area (Å²) in [6.45, 7) is 4.68. The molecule has 1 amide bonds. The minimum atomic E-state index is -4.36. The first kappa shape index (κ1) is 63.4. The molecule has 0 spiro atoms. The van der Waals surface area contributed by atoms with E-state index in [1.54, 1.807) is 6.08 Å². The monoisotopic (exact) mass is 942 g/mol. The molecule has 66 heavy (non-hydrogen) atoms. The summed E-state index contributed by atoms with van der Waals surface area (Å²) in [5.41, 5.74) is 0. The van der Waals surface area contributed by atoms with E-state index in [-0.39, 0.29) is 19.1 Å². The highest BCUT2D eigenvalue weighted by molar-refractivity contribution is 7.47. The van der Waals surface area contributed by atoms with E-state index in [2.05, 4.69) is 104 Å². The number of nitrogens with one attached hydrogen (secondary N) is 1. The van der Waals surface area contributed by atoms with Crippen LogP contribution in [-0.2, 0) is 18.4 Å². The zero-order valence-electron chi connectivity index (χ0n) is 43.1. The predicted octanol–water partition coefficient (Wildman–Crippen LogP) is 15.9. The van der Waals surface area contributed by atoms with Gasteiger partial charge in [-0.25, -0.2) is 4.57 Å². The van der Waals surface area contributed by atoms with Crippen LogP contribution >= 0.6 is 7.82 Å². The summed E-state index contributed by atoms with van der Waals surface area (Å²) in [6, 6.07) is -0.864. The van der Waals surface area contributed by atoms with Crippen LogP contribution in [0.5, 0.6) is 0 Å². The lowest BCUT2D eigenvalue weighted by Crippen LogP contribution is -2.45. The number of hydrogen-bond donors (Lipinski definition) is 3. The van der Waals surface area contributed by atoms with Crippen LogP contribution < -0.4 is 5.32 Å². The van der Waals surface area contributed by atoms with E-state index in [1.807, 2.05) is 27.2 Å². The van der Waals surface area contributed by atoms with E-state index in [0.29, 0.717) is 17.4 Å². The van der Waals surface area contributed by atoms with Gasteiger partial charge in [-0.2, -0.15) is 0 Å². The van der Waals surface area contributed by atoms with E-state index < -0.39 is 20.0 Å². The zero-order chi connectivity index (χ0) is 48.5. The van der Waals surface area contributed by atoms with Crippen LogP contribution in [0.25, 0.3) is 0 Å². The molecule has 0 aliphatic heterocycles. The van der Waals surface area contributed by atoms with Gasteiger partial charge in [-0.3, -0.25) is 13.8 Å². The number of carbonyl (C=O) groups excluding carboxylic acids is 1. The van der Waals surface area contributed by atoms with Gasteiger partial charge in [0.15, 0.2) is 0 Å². The number of quaternary nitrogens is 1. The molecule has 3 N–H and O–H groups in total. The molecule has 0 heterocycles. The van der Waals surface area contributed by atoms with E-state index in [4.69, 9.17) is 9.05 Å². The quantitative estimate of drug-likeness (QED) is 0.0243. The molecule has 3 atom stereocenters. The van der Waals surface area contributed by atoms with E-state index >= 15 is 0 Å². The molecule has 9 heteroatoms. The summed E-state index contributed by atoms with van der Waals surface area (Å²) in [5.74, 6) is -0.200. The Morgan fingerprint density at radius 1 is 0.530 bits per heavy atom. The maximum Gasteiger partial charge on any atom is 0.472 e. The van der Waals surface area contributed by atoms with Crippen molar-refractivity contribution in [3.63, 3.8) is 0 Å². The Balaban J connectivity index is 4.35. The van der Waals surface area contributed by atoms with Gasteiger partial charge in [0.05, 0.1) is 39.9 Å². The van der Waals surface area contributed by atoms with Gasteiger partial charge in [-0.15, -0.1) is 0 Å². The number of aliphatic hydroxyl groups excluding tert-OH is 1. The van der Waals surface area contributed by atoms with Gasteiger partial charge < -0.3 is 19.8 Å². The largest absolute Gasteiger partial charge is 0.472 e. The highest BCUT2D eigenvalue weighted by atomic mass is 31.2. The molecule has 0 aromatic heterocycles. The Bertz CT molecular complexity index is 1390. The molecular weight excluding hydrogens is 840 g/mol. The molecular formula is C57H102N2O6P+. The fraction of sp³-hybridized carbons (Fsp3) is 0.702. The molecule has 380 valence electrons. The molecule has 0 radical (unpaired) electrons. The van der Waals surface area contributed by atoms with Crippen molar-refractivity contribution in [3.8, 4) is 0 Å². The molecule has 0 saturated heterocycles. The lowest BCUT2D eigenvalue weighted by atomic mass is 10.0. The highest BCUT2D eigenvalue weighted by Gasteiger charge is 2.27. The molecule has 0 fully saturated rings. The van der Waals surface area contributed by atoms with E-state index in [0.717, 1.165) is 103 Å². The second kappa shape index (κ2) is 47.5. The van der Waals surface area contributed by atoms with Crippen LogP contribution in [0.2, 0.25) is 0 Å². The first-order valence-electron chi connectivity index (χ1n) is 26.6. The average Bonchev–Trinajstić information content (AvgIpc) is 3.28. The summed E-state index contributed by atoms with van der Waals surface area (Å²) in [5, 5.41) is 13.9. The highest BCUT2D eigenvalue weighted by Crippen LogP contribution is 2.43. The summed E-state index contributed by atoms with van der Waals surface area (Å²) in [7, 11) is 1.54. The fourth-order valence-corrected chi connectivity index (χ4v) is 7.87. The summed E-state index contributed by atoms with van der Waals surface area (Å²) in [6.07, 6.45) is 67.7. The number of allylic oxidation sites excluding steroid dienone is 15. The van der Waals surface area contributed by atoms with Gasteiger partial charge in [0.1, 0.15) is 13.2 Å². The van der Waals surface area contributed by atoms with Gasteiger partial charge >= 0.3 is 7.82 Å². The SMILES string of the molecule is CC/C=C\C/C=C\C/C=C\C/C=C\C/C=C\C/C=C\C/C=C\CCCCCCCC(=O)NC(COP(=O)(O)OCC[N+](C)(C)C)C(O)/C=C/CCCCCCCCCCCCCCCCC. The minimum Gasteiger partial charge on any atom is -0.387 e. The Kier molecular flexibility index (Phi) is 45.6. The van der Waals surface area contributed by atoms with Crippen LogP contribution in [0.4, 0.5) is 0 Å². The first-order chi connectivity index (χ1) is 32.0. The fourth-order valence-electron chi connectivity index (χ4n) is 7.14. The van der Waals surface area contributed by atoms with Gasteiger partial charge in [0.2, 0.25) is 5.91 Å². The number of nitrogens with zero attached hydrogens (tertiary/aromatic N) is 1. The van der Waals surface area contributed by atoms with Gasteiger partial charge in [0, 0.05) is 6.42 Å². The smallest absolute Gasteiger partial charge is 0.387 e. The van der Waals surface area contributed by atoms with Crippen LogP contribution in [0.3, 0.4) is 0 Å². The zero-order valence-corrected chi connectivity index (χ0v) is 44.0.